The minimum atomic E-state index is -0.482. The van der Waals surface area contributed by atoms with Gasteiger partial charge in [-0.25, -0.2) is 14.8 Å². The third kappa shape index (κ3) is 3.03. The Morgan fingerprint density at radius 1 is 1.04 bits per heavy atom. The number of fused-ring (bicyclic) bond motifs is 1. The van der Waals surface area contributed by atoms with Crippen molar-refractivity contribution in [3.63, 3.8) is 0 Å². The Morgan fingerprint density at radius 2 is 1.79 bits per heavy atom. The number of aromatic nitrogens is 5. The summed E-state index contributed by atoms with van der Waals surface area (Å²) < 4.78 is 3.23. The first-order chi connectivity index (χ1) is 13.5. The molecule has 1 N–H and O–H groups in total. The van der Waals surface area contributed by atoms with E-state index in [1.54, 1.807) is 4.57 Å². The molecular weight excluding hydrogens is 378 g/mol. The van der Waals surface area contributed by atoms with E-state index in [4.69, 9.17) is 11.6 Å². The van der Waals surface area contributed by atoms with E-state index in [2.05, 4.69) is 15.0 Å². The molecule has 0 unspecified atom stereocenters. The minimum absolute atomic E-state index is 0.298. The van der Waals surface area contributed by atoms with Crippen LogP contribution in [-0.4, -0.2) is 24.1 Å². The number of pyridine rings is 1. The molecule has 3 aromatic heterocycles. The summed E-state index contributed by atoms with van der Waals surface area (Å²) in [4.78, 5) is 36.3. The molecule has 0 aliphatic carbocycles. The van der Waals surface area contributed by atoms with Gasteiger partial charge in [-0.3, -0.25) is 14.3 Å². The first-order valence-electron chi connectivity index (χ1n) is 8.90. The molecule has 0 saturated carbocycles. The number of imidazole rings is 1. The molecule has 3 heterocycles. The summed E-state index contributed by atoms with van der Waals surface area (Å²) in [6.45, 7) is 4.47. The Bertz CT molecular complexity index is 1290. The number of hydrogen-bond donors (Lipinski definition) is 1. The number of hydrogen-bond acceptors (Lipinski definition) is 4. The van der Waals surface area contributed by atoms with E-state index >= 15 is 0 Å². The second kappa shape index (κ2) is 7.09. The van der Waals surface area contributed by atoms with Gasteiger partial charge in [0.05, 0.1) is 5.56 Å². The molecule has 0 bridgehead atoms. The summed E-state index contributed by atoms with van der Waals surface area (Å²) in [5.41, 5.74) is 2.08. The Balaban J connectivity index is 2.08. The predicted molar refractivity (Wildman–Crippen MR) is 109 cm³/mol. The van der Waals surface area contributed by atoms with E-state index in [1.165, 1.54) is 4.57 Å². The van der Waals surface area contributed by atoms with Gasteiger partial charge < -0.3 is 4.57 Å². The standard InChI is InChI=1S/C20H18ClN5O2/c1-3-25-18-15(19(27)24-20(25)28)26(11-13-7-5-4-6-8-13)17(23-18)14-10-9-12(2)22-16(14)21/h4-10H,3,11H2,1-2H3,(H,24,27,28). The zero-order valence-corrected chi connectivity index (χ0v) is 16.2. The third-order valence-corrected chi connectivity index (χ3v) is 4.90. The largest absolute Gasteiger partial charge is 0.330 e. The van der Waals surface area contributed by atoms with Crippen molar-refractivity contribution in [2.24, 2.45) is 0 Å². The molecular formula is C20H18ClN5O2. The second-order valence-electron chi connectivity index (χ2n) is 6.47. The van der Waals surface area contributed by atoms with Crippen molar-refractivity contribution < 1.29 is 0 Å². The molecule has 0 aliphatic heterocycles. The van der Waals surface area contributed by atoms with Gasteiger partial charge in [-0.1, -0.05) is 41.9 Å². The zero-order chi connectivity index (χ0) is 19.8. The van der Waals surface area contributed by atoms with Crippen LogP contribution >= 0.6 is 11.6 Å². The summed E-state index contributed by atoms with van der Waals surface area (Å²) in [6, 6.07) is 13.4. The lowest BCUT2D eigenvalue weighted by molar-refractivity contribution is 0.717. The molecule has 4 rings (SSSR count). The van der Waals surface area contributed by atoms with E-state index in [0.29, 0.717) is 40.8 Å². The normalized spacial score (nSPS) is 11.2. The number of rotatable bonds is 4. The monoisotopic (exact) mass is 395 g/mol. The number of aromatic amines is 1. The van der Waals surface area contributed by atoms with Crippen LogP contribution in [0.1, 0.15) is 18.2 Å². The topological polar surface area (TPSA) is 85.6 Å². The van der Waals surface area contributed by atoms with Crippen molar-refractivity contribution in [2.45, 2.75) is 26.9 Å². The Labute approximate surface area is 165 Å². The Morgan fingerprint density at radius 3 is 2.46 bits per heavy atom. The highest BCUT2D eigenvalue weighted by molar-refractivity contribution is 6.32. The Hall–Kier alpha value is -3.19. The van der Waals surface area contributed by atoms with E-state index in [1.807, 2.05) is 56.3 Å². The van der Waals surface area contributed by atoms with Gasteiger partial charge in [0.25, 0.3) is 5.56 Å². The molecule has 0 radical (unpaired) electrons. The van der Waals surface area contributed by atoms with Crippen LogP contribution in [0.3, 0.4) is 0 Å². The fraction of sp³-hybridized carbons (Fsp3) is 0.200. The molecule has 0 saturated heterocycles. The molecule has 0 fully saturated rings. The first-order valence-corrected chi connectivity index (χ1v) is 9.28. The first kappa shape index (κ1) is 18.2. The van der Waals surface area contributed by atoms with Gasteiger partial charge in [0.2, 0.25) is 0 Å². The highest BCUT2D eigenvalue weighted by atomic mass is 35.5. The summed E-state index contributed by atoms with van der Waals surface area (Å²) >= 11 is 6.39. The number of aryl methyl sites for hydroxylation is 2. The lowest BCUT2D eigenvalue weighted by atomic mass is 10.2. The lowest BCUT2D eigenvalue weighted by Crippen LogP contribution is -2.30. The van der Waals surface area contributed by atoms with Crippen molar-refractivity contribution in [3.05, 3.63) is 79.7 Å². The fourth-order valence-electron chi connectivity index (χ4n) is 3.28. The van der Waals surface area contributed by atoms with Crippen LogP contribution in [0.5, 0.6) is 0 Å². The van der Waals surface area contributed by atoms with Gasteiger partial charge in [-0.15, -0.1) is 0 Å². The molecule has 8 heteroatoms. The average Bonchev–Trinajstić information content (AvgIpc) is 3.02. The SMILES string of the molecule is CCn1c(=O)[nH]c(=O)c2c1nc(-c1ccc(C)nc1Cl)n2Cc1ccccc1. The predicted octanol–water partition coefficient (Wildman–Crippen LogP) is 2.98. The van der Waals surface area contributed by atoms with Crippen molar-refractivity contribution >= 4 is 22.8 Å². The van der Waals surface area contributed by atoms with Crippen LogP contribution in [-0.2, 0) is 13.1 Å². The van der Waals surface area contributed by atoms with Crippen LogP contribution in [0.15, 0.2) is 52.1 Å². The van der Waals surface area contributed by atoms with Crippen molar-refractivity contribution in [1.29, 1.82) is 0 Å². The number of H-pyrrole nitrogens is 1. The number of benzene rings is 1. The van der Waals surface area contributed by atoms with Gasteiger partial charge in [0.15, 0.2) is 11.2 Å². The van der Waals surface area contributed by atoms with Gasteiger partial charge in [-0.2, -0.15) is 0 Å². The molecule has 142 valence electrons. The van der Waals surface area contributed by atoms with E-state index < -0.39 is 11.2 Å². The van der Waals surface area contributed by atoms with Gasteiger partial charge in [0.1, 0.15) is 11.0 Å². The molecule has 7 nitrogen and oxygen atoms in total. The fourth-order valence-corrected chi connectivity index (χ4v) is 3.56. The maximum atomic E-state index is 12.7. The van der Waals surface area contributed by atoms with Crippen LogP contribution in [0.4, 0.5) is 0 Å². The van der Waals surface area contributed by atoms with Crippen LogP contribution < -0.4 is 11.2 Å². The third-order valence-electron chi connectivity index (χ3n) is 4.61. The second-order valence-corrected chi connectivity index (χ2v) is 6.83. The van der Waals surface area contributed by atoms with E-state index in [-0.39, 0.29) is 0 Å². The Kier molecular flexibility index (Phi) is 4.60. The smallest absolute Gasteiger partial charge is 0.314 e. The van der Waals surface area contributed by atoms with Crippen molar-refractivity contribution in [3.8, 4) is 11.4 Å². The molecule has 28 heavy (non-hydrogen) atoms. The van der Waals surface area contributed by atoms with Crippen molar-refractivity contribution in [1.82, 2.24) is 24.1 Å². The van der Waals surface area contributed by atoms with Gasteiger partial charge >= 0.3 is 5.69 Å². The number of halogens is 1. The zero-order valence-electron chi connectivity index (χ0n) is 15.4. The highest BCUT2D eigenvalue weighted by Gasteiger charge is 2.21. The summed E-state index contributed by atoms with van der Waals surface area (Å²) in [5, 5.41) is 0.298. The highest BCUT2D eigenvalue weighted by Crippen LogP contribution is 2.29. The van der Waals surface area contributed by atoms with E-state index in [9.17, 15) is 9.59 Å². The van der Waals surface area contributed by atoms with Crippen LogP contribution in [0.25, 0.3) is 22.6 Å². The molecule has 0 spiro atoms. The van der Waals surface area contributed by atoms with E-state index in [0.717, 1.165) is 11.3 Å². The minimum Gasteiger partial charge on any atom is -0.314 e. The summed E-state index contributed by atoms with van der Waals surface area (Å²) in [7, 11) is 0. The molecule has 0 atom stereocenters. The lowest BCUT2D eigenvalue weighted by Gasteiger charge is -2.10. The summed E-state index contributed by atoms with van der Waals surface area (Å²) in [6.07, 6.45) is 0. The maximum Gasteiger partial charge on any atom is 0.330 e. The van der Waals surface area contributed by atoms with Crippen LogP contribution in [0.2, 0.25) is 5.15 Å². The maximum absolute atomic E-state index is 12.7. The van der Waals surface area contributed by atoms with Crippen LogP contribution in [0, 0.1) is 6.92 Å². The molecule has 4 aromatic rings. The molecule has 0 amide bonds. The molecule has 0 aliphatic rings. The van der Waals surface area contributed by atoms with Gasteiger partial charge in [-0.05, 0) is 31.5 Å². The molecule has 1 aromatic carbocycles. The number of nitrogens with zero attached hydrogens (tertiary/aromatic N) is 4. The van der Waals surface area contributed by atoms with Gasteiger partial charge in [0, 0.05) is 18.8 Å². The van der Waals surface area contributed by atoms with Crippen molar-refractivity contribution in [2.75, 3.05) is 0 Å². The number of nitrogens with one attached hydrogen (secondary N) is 1. The quantitative estimate of drug-likeness (QED) is 0.538. The average molecular weight is 396 g/mol. The summed E-state index contributed by atoms with van der Waals surface area (Å²) in [5.74, 6) is 0.495.